The number of hydrogen-bond acceptors (Lipinski definition) is 4. The summed E-state index contributed by atoms with van der Waals surface area (Å²) in [5, 5.41) is 12.1. The van der Waals surface area contributed by atoms with Gasteiger partial charge in [0.15, 0.2) is 5.78 Å². The first-order valence-corrected chi connectivity index (χ1v) is 8.12. The fourth-order valence-electron chi connectivity index (χ4n) is 3.09. The zero-order valence-electron chi connectivity index (χ0n) is 14.7. The number of halogens is 1. The zero-order valence-corrected chi connectivity index (χ0v) is 14.7. The van der Waals surface area contributed by atoms with E-state index in [9.17, 15) is 9.18 Å². The summed E-state index contributed by atoms with van der Waals surface area (Å²) >= 11 is 0. The van der Waals surface area contributed by atoms with Gasteiger partial charge in [0.05, 0.1) is 0 Å². The number of rotatable bonds is 5. The minimum atomic E-state index is -0.327. The first kappa shape index (κ1) is 17.0. The standard InChI is InChI=1S/C18H20FN5O/c1-11(2)24-12(3)9-16(13(24)4)17(25)10-23-21-18(20-22-23)14-5-7-15(19)8-6-14/h5-9,11H,10H2,1-4H3. The van der Waals surface area contributed by atoms with Crippen LogP contribution in [0.15, 0.2) is 30.3 Å². The van der Waals surface area contributed by atoms with Crippen LogP contribution in [0.4, 0.5) is 4.39 Å². The normalized spacial score (nSPS) is 11.3. The van der Waals surface area contributed by atoms with E-state index in [1.165, 1.54) is 16.9 Å². The van der Waals surface area contributed by atoms with E-state index in [-0.39, 0.29) is 24.2 Å². The van der Waals surface area contributed by atoms with Gasteiger partial charge in [-0.1, -0.05) is 0 Å². The molecule has 0 spiro atoms. The van der Waals surface area contributed by atoms with Crippen molar-refractivity contribution in [3.63, 3.8) is 0 Å². The van der Waals surface area contributed by atoms with Gasteiger partial charge in [0.2, 0.25) is 5.82 Å². The monoisotopic (exact) mass is 341 g/mol. The third-order valence-corrected chi connectivity index (χ3v) is 4.14. The van der Waals surface area contributed by atoms with E-state index >= 15 is 0 Å². The van der Waals surface area contributed by atoms with E-state index in [1.54, 1.807) is 12.1 Å². The van der Waals surface area contributed by atoms with Crippen LogP contribution >= 0.6 is 0 Å². The van der Waals surface area contributed by atoms with Crippen LogP contribution in [0.5, 0.6) is 0 Å². The lowest BCUT2D eigenvalue weighted by atomic mass is 10.1. The Morgan fingerprint density at radius 3 is 2.48 bits per heavy atom. The molecule has 0 aliphatic heterocycles. The summed E-state index contributed by atoms with van der Waals surface area (Å²) in [5.41, 5.74) is 3.32. The van der Waals surface area contributed by atoms with Crippen molar-refractivity contribution in [3.05, 3.63) is 53.1 Å². The highest BCUT2D eigenvalue weighted by molar-refractivity contribution is 5.97. The number of aryl methyl sites for hydroxylation is 1. The van der Waals surface area contributed by atoms with Gasteiger partial charge in [0.25, 0.3) is 0 Å². The molecule has 2 heterocycles. The number of carbonyl (C=O) groups is 1. The molecule has 3 rings (SSSR count). The van der Waals surface area contributed by atoms with Crippen LogP contribution in [-0.4, -0.2) is 30.6 Å². The van der Waals surface area contributed by atoms with Crippen molar-refractivity contribution in [1.82, 2.24) is 24.8 Å². The molecule has 0 N–H and O–H groups in total. The summed E-state index contributed by atoms with van der Waals surface area (Å²) in [6, 6.07) is 8.01. The second-order valence-electron chi connectivity index (χ2n) is 6.32. The van der Waals surface area contributed by atoms with Crippen molar-refractivity contribution in [2.45, 2.75) is 40.3 Å². The van der Waals surface area contributed by atoms with E-state index in [0.717, 1.165) is 11.4 Å². The van der Waals surface area contributed by atoms with Gasteiger partial charge >= 0.3 is 0 Å². The van der Waals surface area contributed by atoms with E-state index in [1.807, 2.05) is 19.9 Å². The van der Waals surface area contributed by atoms with Crippen molar-refractivity contribution in [3.8, 4) is 11.4 Å². The van der Waals surface area contributed by atoms with Gasteiger partial charge in [-0.2, -0.15) is 4.80 Å². The third kappa shape index (κ3) is 3.35. The Labute approximate surface area is 145 Å². The summed E-state index contributed by atoms with van der Waals surface area (Å²) in [7, 11) is 0. The summed E-state index contributed by atoms with van der Waals surface area (Å²) in [6.45, 7) is 8.12. The molecule has 130 valence electrons. The van der Waals surface area contributed by atoms with Gasteiger partial charge in [-0.15, -0.1) is 10.2 Å². The largest absolute Gasteiger partial charge is 0.346 e. The summed E-state index contributed by atoms with van der Waals surface area (Å²) < 4.78 is 15.1. The van der Waals surface area contributed by atoms with E-state index < -0.39 is 0 Å². The molecule has 0 saturated heterocycles. The molecular formula is C18H20FN5O. The Morgan fingerprint density at radius 2 is 1.88 bits per heavy atom. The van der Waals surface area contributed by atoms with Gasteiger partial charge in [-0.05, 0) is 63.2 Å². The fourth-order valence-corrected chi connectivity index (χ4v) is 3.09. The molecule has 0 fully saturated rings. The van der Waals surface area contributed by atoms with Gasteiger partial charge in [0, 0.05) is 28.6 Å². The van der Waals surface area contributed by atoms with Crippen molar-refractivity contribution in [1.29, 1.82) is 0 Å². The highest BCUT2D eigenvalue weighted by Crippen LogP contribution is 2.21. The number of aromatic nitrogens is 5. The Balaban J connectivity index is 1.80. The molecule has 0 unspecified atom stereocenters. The number of benzene rings is 1. The first-order valence-electron chi connectivity index (χ1n) is 8.12. The van der Waals surface area contributed by atoms with E-state index in [0.29, 0.717) is 17.0 Å². The molecule has 1 aromatic carbocycles. The maximum Gasteiger partial charge on any atom is 0.204 e. The summed E-state index contributed by atoms with van der Waals surface area (Å²) in [5.74, 6) is -0.0321. The number of hydrogen-bond donors (Lipinski definition) is 0. The lowest BCUT2D eigenvalue weighted by Crippen LogP contribution is -2.14. The number of carbonyl (C=O) groups excluding carboxylic acids is 1. The van der Waals surface area contributed by atoms with Crippen molar-refractivity contribution >= 4 is 5.78 Å². The molecule has 0 radical (unpaired) electrons. The predicted molar refractivity (Wildman–Crippen MR) is 91.8 cm³/mol. The topological polar surface area (TPSA) is 65.6 Å². The molecular weight excluding hydrogens is 321 g/mol. The third-order valence-electron chi connectivity index (χ3n) is 4.14. The SMILES string of the molecule is Cc1cc(C(=O)Cn2nnc(-c3ccc(F)cc3)n2)c(C)n1C(C)C. The second kappa shape index (κ2) is 6.58. The molecule has 2 aromatic heterocycles. The maximum atomic E-state index is 13.0. The second-order valence-corrected chi connectivity index (χ2v) is 6.32. The lowest BCUT2D eigenvalue weighted by Gasteiger charge is -2.13. The Hall–Kier alpha value is -2.83. The van der Waals surface area contributed by atoms with Crippen molar-refractivity contribution in [2.75, 3.05) is 0 Å². The molecule has 3 aromatic rings. The van der Waals surface area contributed by atoms with E-state index in [4.69, 9.17) is 0 Å². The lowest BCUT2D eigenvalue weighted by molar-refractivity contribution is 0.0960. The van der Waals surface area contributed by atoms with Crippen LogP contribution in [-0.2, 0) is 6.54 Å². The molecule has 6 nitrogen and oxygen atoms in total. The van der Waals surface area contributed by atoms with Crippen LogP contribution in [0.2, 0.25) is 0 Å². The Bertz CT molecular complexity index is 908. The maximum absolute atomic E-state index is 13.0. The fraction of sp³-hybridized carbons (Fsp3) is 0.333. The molecule has 0 aliphatic carbocycles. The van der Waals surface area contributed by atoms with Gasteiger partial charge in [-0.3, -0.25) is 4.79 Å². The quantitative estimate of drug-likeness (QED) is 0.668. The number of Topliss-reactive ketones (excluding diaryl/α,β-unsaturated/α-hetero) is 1. The van der Waals surface area contributed by atoms with Gasteiger partial charge < -0.3 is 4.57 Å². The molecule has 25 heavy (non-hydrogen) atoms. The van der Waals surface area contributed by atoms with Crippen molar-refractivity contribution < 1.29 is 9.18 Å². The highest BCUT2D eigenvalue weighted by Gasteiger charge is 2.18. The molecule has 0 aliphatic rings. The van der Waals surface area contributed by atoms with Gasteiger partial charge in [0.1, 0.15) is 12.4 Å². The molecule has 0 atom stereocenters. The van der Waals surface area contributed by atoms with Crippen LogP contribution in [0.3, 0.4) is 0 Å². The zero-order chi connectivity index (χ0) is 18.1. The van der Waals surface area contributed by atoms with Crippen LogP contribution in [0.1, 0.15) is 41.6 Å². The summed E-state index contributed by atoms with van der Waals surface area (Å²) in [6.07, 6.45) is 0. The van der Waals surface area contributed by atoms with E-state index in [2.05, 4.69) is 33.8 Å². The number of tetrazole rings is 1. The van der Waals surface area contributed by atoms with Gasteiger partial charge in [-0.25, -0.2) is 4.39 Å². The predicted octanol–water partition coefficient (Wildman–Crippen LogP) is 3.36. The average Bonchev–Trinajstić information content (AvgIpc) is 3.12. The summed E-state index contributed by atoms with van der Waals surface area (Å²) in [4.78, 5) is 13.9. The molecule has 0 amide bonds. The van der Waals surface area contributed by atoms with Crippen LogP contribution < -0.4 is 0 Å². The number of nitrogens with zero attached hydrogens (tertiary/aromatic N) is 5. The Kier molecular flexibility index (Phi) is 4.48. The number of ketones is 1. The molecule has 0 bridgehead atoms. The minimum Gasteiger partial charge on any atom is -0.346 e. The van der Waals surface area contributed by atoms with Crippen molar-refractivity contribution in [2.24, 2.45) is 0 Å². The van der Waals surface area contributed by atoms with Crippen LogP contribution in [0.25, 0.3) is 11.4 Å². The molecule has 7 heteroatoms. The first-order chi connectivity index (χ1) is 11.9. The molecule has 0 saturated carbocycles. The Morgan fingerprint density at radius 1 is 1.20 bits per heavy atom. The minimum absolute atomic E-state index is 0.0105. The average molecular weight is 341 g/mol. The smallest absolute Gasteiger partial charge is 0.204 e. The highest BCUT2D eigenvalue weighted by atomic mass is 19.1. The van der Waals surface area contributed by atoms with Crippen LogP contribution in [0, 0.1) is 19.7 Å².